The third kappa shape index (κ3) is 6.58. The Bertz CT molecular complexity index is 1500. The van der Waals surface area contributed by atoms with Crippen molar-refractivity contribution in [3.8, 4) is 5.75 Å². The second kappa shape index (κ2) is 11.6. The van der Waals surface area contributed by atoms with E-state index in [0.29, 0.717) is 24.7 Å². The molecular weight excluding hydrogens is 546 g/mol. The third-order valence-corrected chi connectivity index (χ3v) is 9.18. The Labute approximate surface area is 242 Å². The molecule has 0 radical (unpaired) electrons. The van der Waals surface area contributed by atoms with Crippen LogP contribution in [-0.4, -0.2) is 59.6 Å². The summed E-state index contributed by atoms with van der Waals surface area (Å²) >= 11 is 6.02. The van der Waals surface area contributed by atoms with Crippen molar-refractivity contribution in [1.82, 2.24) is 14.2 Å². The molecule has 3 aromatic rings. The first-order valence-electron chi connectivity index (χ1n) is 13.6. The number of rotatable bonds is 8. The molecule has 1 saturated heterocycles. The molecule has 0 spiro atoms. The summed E-state index contributed by atoms with van der Waals surface area (Å²) in [5.74, 6) is 0.768. The second-order valence-electron chi connectivity index (χ2n) is 11.1. The molecule has 1 N–H and O–H groups in total. The molecule has 0 aliphatic carbocycles. The quantitative estimate of drug-likeness (QED) is 0.393. The largest absolute Gasteiger partial charge is 0.487 e. The maximum absolute atomic E-state index is 12.7. The molecule has 40 heavy (non-hydrogen) atoms. The SMILES string of the molecule is CC(C)(O)c1ccc2c(c1)/C(=C\CCN1CCC(N(Cc3ccc(Cl)cc3)S(C)(=O)=O)C1)c1cccnc1CO2. The number of hydrogen-bond acceptors (Lipinski definition) is 6. The number of pyridine rings is 1. The van der Waals surface area contributed by atoms with Crippen molar-refractivity contribution in [3.05, 3.63) is 99.8 Å². The third-order valence-electron chi connectivity index (χ3n) is 7.65. The molecule has 1 aromatic heterocycles. The Balaban J connectivity index is 1.34. The fraction of sp³-hybridized carbons (Fsp3) is 0.387. The van der Waals surface area contributed by atoms with Gasteiger partial charge < -0.3 is 14.7 Å². The van der Waals surface area contributed by atoms with E-state index in [1.807, 2.05) is 36.4 Å². The van der Waals surface area contributed by atoms with Crippen LogP contribution in [0.15, 0.2) is 66.9 Å². The van der Waals surface area contributed by atoms with E-state index < -0.39 is 15.6 Å². The molecule has 1 atom stereocenters. The maximum atomic E-state index is 12.7. The zero-order valence-corrected chi connectivity index (χ0v) is 24.8. The van der Waals surface area contributed by atoms with E-state index in [9.17, 15) is 13.5 Å². The first-order chi connectivity index (χ1) is 19.0. The summed E-state index contributed by atoms with van der Waals surface area (Å²) in [7, 11) is -3.38. The number of ether oxygens (including phenoxy) is 1. The highest BCUT2D eigenvalue weighted by Crippen LogP contribution is 2.38. The van der Waals surface area contributed by atoms with Gasteiger partial charge in [-0.15, -0.1) is 0 Å². The molecule has 3 heterocycles. The van der Waals surface area contributed by atoms with Gasteiger partial charge in [0.2, 0.25) is 10.0 Å². The summed E-state index contributed by atoms with van der Waals surface area (Å²) in [5, 5.41) is 11.3. The van der Waals surface area contributed by atoms with Gasteiger partial charge >= 0.3 is 0 Å². The van der Waals surface area contributed by atoms with Crippen LogP contribution in [0.4, 0.5) is 0 Å². The zero-order chi connectivity index (χ0) is 28.5. The van der Waals surface area contributed by atoms with E-state index in [4.69, 9.17) is 16.3 Å². The Kier molecular flexibility index (Phi) is 8.36. The number of sulfonamides is 1. The van der Waals surface area contributed by atoms with Gasteiger partial charge in [0, 0.05) is 48.0 Å². The molecule has 0 saturated carbocycles. The standard InChI is InChI=1S/C31H36ClN3O4S/c1-31(2,36)23-10-13-30-28(18-23)26(27-6-4-15-33-29(27)21-39-30)7-5-16-34-17-14-25(20-34)35(40(3,37)38)19-22-8-11-24(32)12-9-22/h4,6-13,15,18,25,36H,5,14,16-17,19-21H2,1-3H3/b26-7-. The van der Waals surface area contributed by atoms with Gasteiger partial charge in [-0.25, -0.2) is 8.42 Å². The monoisotopic (exact) mass is 581 g/mol. The van der Waals surface area contributed by atoms with E-state index in [0.717, 1.165) is 65.2 Å². The summed E-state index contributed by atoms with van der Waals surface area (Å²) in [6.07, 6.45) is 6.85. The number of aromatic nitrogens is 1. The van der Waals surface area contributed by atoms with Crippen LogP contribution in [-0.2, 0) is 28.8 Å². The van der Waals surface area contributed by atoms with Crippen LogP contribution in [0.2, 0.25) is 5.02 Å². The summed E-state index contributed by atoms with van der Waals surface area (Å²) in [4.78, 5) is 6.89. The van der Waals surface area contributed by atoms with Crippen LogP contribution >= 0.6 is 11.6 Å². The van der Waals surface area contributed by atoms with Gasteiger partial charge in [-0.1, -0.05) is 41.9 Å². The van der Waals surface area contributed by atoms with Crippen molar-refractivity contribution in [2.24, 2.45) is 0 Å². The molecule has 0 bridgehead atoms. The molecule has 9 heteroatoms. The number of nitrogens with zero attached hydrogens (tertiary/aromatic N) is 3. The zero-order valence-electron chi connectivity index (χ0n) is 23.2. The molecule has 1 fully saturated rings. The Morgan fingerprint density at radius 3 is 2.67 bits per heavy atom. The smallest absolute Gasteiger partial charge is 0.211 e. The molecular formula is C31H36ClN3O4S. The topological polar surface area (TPSA) is 83.0 Å². The number of benzene rings is 2. The lowest BCUT2D eigenvalue weighted by Gasteiger charge is -2.27. The Hall–Kier alpha value is -2.75. The second-order valence-corrected chi connectivity index (χ2v) is 13.5. The predicted octanol–water partition coefficient (Wildman–Crippen LogP) is 5.21. The van der Waals surface area contributed by atoms with Gasteiger partial charge in [-0.05, 0) is 80.3 Å². The van der Waals surface area contributed by atoms with E-state index in [1.165, 1.54) is 6.26 Å². The molecule has 1 unspecified atom stereocenters. The molecule has 0 amide bonds. The van der Waals surface area contributed by atoms with Crippen molar-refractivity contribution in [3.63, 3.8) is 0 Å². The summed E-state index contributed by atoms with van der Waals surface area (Å²) in [6, 6.07) is 17.1. The average molecular weight is 582 g/mol. The first-order valence-corrected chi connectivity index (χ1v) is 15.8. The van der Waals surface area contributed by atoms with Gasteiger partial charge in [0.25, 0.3) is 0 Å². The highest BCUT2D eigenvalue weighted by atomic mass is 35.5. The summed E-state index contributed by atoms with van der Waals surface area (Å²) in [6.45, 7) is 6.60. The van der Waals surface area contributed by atoms with Gasteiger partial charge in [0.05, 0.1) is 17.6 Å². The predicted molar refractivity (Wildman–Crippen MR) is 159 cm³/mol. The molecule has 2 aliphatic heterocycles. The van der Waals surface area contributed by atoms with Gasteiger partial charge in [0.15, 0.2) is 0 Å². The van der Waals surface area contributed by atoms with E-state index in [1.54, 1.807) is 36.5 Å². The van der Waals surface area contributed by atoms with E-state index >= 15 is 0 Å². The number of likely N-dealkylation sites (tertiary alicyclic amines) is 1. The van der Waals surface area contributed by atoms with Crippen LogP contribution in [0.3, 0.4) is 0 Å². The fourth-order valence-corrected chi connectivity index (χ4v) is 6.71. The minimum Gasteiger partial charge on any atom is -0.487 e. The lowest BCUT2D eigenvalue weighted by Crippen LogP contribution is -2.41. The summed E-state index contributed by atoms with van der Waals surface area (Å²) in [5.41, 5.74) is 4.64. The lowest BCUT2D eigenvalue weighted by atomic mass is 9.90. The van der Waals surface area contributed by atoms with Crippen LogP contribution in [0.5, 0.6) is 5.75 Å². The van der Waals surface area contributed by atoms with Crippen LogP contribution in [0, 0.1) is 0 Å². The van der Waals surface area contributed by atoms with Crippen LogP contribution < -0.4 is 4.74 Å². The van der Waals surface area contributed by atoms with Gasteiger partial charge in [-0.3, -0.25) is 4.98 Å². The van der Waals surface area contributed by atoms with E-state index in [2.05, 4.69) is 22.0 Å². The average Bonchev–Trinajstić information content (AvgIpc) is 3.30. The molecule has 212 valence electrons. The van der Waals surface area contributed by atoms with Crippen molar-refractivity contribution >= 4 is 27.2 Å². The minimum absolute atomic E-state index is 0.0791. The maximum Gasteiger partial charge on any atom is 0.211 e. The van der Waals surface area contributed by atoms with Crippen molar-refractivity contribution < 1.29 is 18.3 Å². The van der Waals surface area contributed by atoms with Crippen LogP contribution in [0.1, 0.15) is 54.6 Å². The number of halogens is 1. The normalized spacial score (nSPS) is 18.9. The van der Waals surface area contributed by atoms with Crippen molar-refractivity contribution in [2.75, 3.05) is 25.9 Å². The fourth-order valence-electron chi connectivity index (χ4n) is 5.48. The highest BCUT2D eigenvalue weighted by molar-refractivity contribution is 7.88. The lowest BCUT2D eigenvalue weighted by molar-refractivity contribution is 0.0785. The Morgan fingerprint density at radius 2 is 1.95 bits per heavy atom. The molecule has 5 rings (SSSR count). The minimum atomic E-state index is -3.38. The van der Waals surface area contributed by atoms with Crippen molar-refractivity contribution in [1.29, 1.82) is 0 Å². The van der Waals surface area contributed by atoms with Gasteiger partial charge in [-0.2, -0.15) is 4.31 Å². The number of aliphatic hydroxyl groups is 1. The molecule has 7 nitrogen and oxygen atoms in total. The van der Waals surface area contributed by atoms with Gasteiger partial charge in [0.1, 0.15) is 12.4 Å². The van der Waals surface area contributed by atoms with Crippen LogP contribution in [0.25, 0.3) is 5.57 Å². The Morgan fingerprint density at radius 1 is 1.18 bits per heavy atom. The van der Waals surface area contributed by atoms with E-state index in [-0.39, 0.29) is 6.04 Å². The first kappa shape index (κ1) is 28.8. The van der Waals surface area contributed by atoms with Crippen molar-refractivity contribution in [2.45, 2.75) is 51.5 Å². The highest BCUT2D eigenvalue weighted by Gasteiger charge is 2.33. The number of hydrogen-bond donors (Lipinski definition) is 1. The summed E-state index contributed by atoms with van der Waals surface area (Å²) < 4.78 is 33.2. The molecule has 2 aliphatic rings. The molecule has 2 aromatic carbocycles. The number of fused-ring (bicyclic) bond motifs is 2.